The Labute approximate surface area is 485 Å². The summed E-state index contributed by atoms with van der Waals surface area (Å²) in [6.45, 7) is 15.3. The zero-order chi connectivity index (χ0) is 59.3. The van der Waals surface area contributed by atoms with Crippen LogP contribution in [-0.4, -0.2) is 180 Å². The second-order valence-corrected chi connectivity index (χ2v) is 22.8. The number of halogens is 3. The number of benzene rings is 4. The van der Waals surface area contributed by atoms with E-state index in [4.69, 9.17) is 28.4 Å². The molecule has 0 spiro atoms. The van der Waals surface area contributed by atoms with Crippen LogP contribution in [0.4, 0.5) is 50.7 Å². The smallest absolute Gasteiger partial charge is 0.414 e. The molecule has 82 heavy (non-hydrogen) atoms. The Balaban J connectivity index is 0.000000236. The molecule has 21 nitrogen and oxygen atoms in total. The van der Waals surface area contributed by atoms with Crippen molar-refractivity contribution in [1.82, 2.24) is 25.3 Å². The minimum atomic E-state index is -0.641. The van der Waals surface area contributed by atoms with Crippen LogP contribution < -0.4 is 39.7 Å². The number of nitrogens with zero attached hydrogens (tertiary/aromatic N) is 7. The number of piperazine rings is 2. The maximum absolute atomic E-state index is 15.2. The fourth-order valence-electron chi connectivity index (χ4n) is 9.14. The van der Waals surface area contributed by atoms with Crippen molar-refractivity contribution in [2.24, 2.45) is 0 Å². The summed E-state index contributed by atoms with van der Waals surface area (Å²) in [5, 5.41) is 5.93. The first kappa shape index (κ1) is 62.0. The number of hydrogen-bond donors (Lipinski definition) is 2. The summed E-state index contributed by atoms with van der Waals surface area (Å²) >= 11 is 3.40. The molecule has 0 aliphatic carbocycles. The molecule has 4 aliphatic heterocycles. The summed E-state index contributed by atoms with van der Waals surface area (Å²) in [4.78, 5) is 85.9. The standard InChI is InChI=1S/C30H40FN5O6.C28H34BrFN4O6/c1-30(2,3)42-28(38)32-17-24-19-36(29(39)41-24)22-8-11-26(25(31)16-22)34-12-14-35(15-13-34)27(37)20-40-23-9-6-21(7-10-23)18-33(4)5;1-28(2,3)40-26(36)31-16-22-17-34(27(37)39-22)20-6-9-24(23(30)14-20)32-10-12-33(13-11-32)25(35)18-38-21-7-4-19(15-29)5-8-21/h6-11,16,24H,12-15,17-20H2,1-5H3,(H,32,38);4-9,14,22H,10-13,15-18H2,1-3H3,(H,31,36)/t24-;22-/m00/s1. The van der Waals surface area contributed by atoms with E-state index in [1.807, 2.05) is 72.4 Å². The number of amides is 6. The predicted octanol–water partition coefficient (Wildman–Crippen LogP) is 7.76. The average Bonchev–Trinajstić information content (AvgIpc) is 4.13. The normalized spacial score (nSPS) is 17.4. The van der Waals surface area contributed by atoms with Crippen molar-refractivity contribution >= 4 is 74.9 Å². The molecular formula is C58H74BrF2N9O12. The Morgan fingerprint density at radius 2 is 0.963 bits per heavy atom. The van der Waals surface area contributed by atoms with Gasteiger partial charge in [0.05, 0.1) is 48.9 Å². The highest BCUT2D eigenvalue weighted by atomic mass is 79.9. The molecule has 0 radical (unpaired) electrons. The zero-order valence-electron chi connectivity index (χ0n) is 47.7. The van der Waals surface area contributed by atoms with Gasteiger partial charge in [0.15, 0.2) is 13.2 Å². The lowest BCUT2D eigenvalue weighted by Crippen LogP contribution is -2.50. The molecule has 444 valence electrons. The third-order valence-corrected chi connectivity index (χ3v) is 13.8. The molecule has 24 heteroatoms. The Hall–Kier alpha value is -7.60. The van der Waals surface area contributed by atoms with E-state index >= 15 is 8.78 Å². The molecule has 2 atom stereocenters. The highest BCUT2D eigenvalue weighted by molar-refractivity contribution is 9.08. The largest absolute Gasteiger partial charge is 0.484 e. The van der Waals surface area contributed by atoms with Crippen molar-refractivity contribution in [3.8, 4) is 11.5 Å². The van der Waals surface area contributed by atoms with Gasteiger partial charge < -0.3 is 63.6 Å². The van der Waals surface area contributed by atoms with Gasteiger partial charge in [0.25, 0.3) is 11.8 Å². The van der Waals surface area contributed by atoms with Crippen molar-refractivity contribution in [3.05, 3.63) is 108 Å². The maximum atomic E-state index is 15.2. The molecule has 4 aromatic rings. The van der Waals surface area contributed by atoms with Crippen LogP contribution in [0.3, 0.4) is 0 Å². The molecule has 0 bridgehead atoms. The summed E-state index contributed by atoms with van der Waals surface area (Å²) in [5.41, 5.74) is 2.52. The van der Waals surface area contributed by atoms with Crippen molar-refractivity contribution in [2.45, 2.75) is 76.8 Å². The van der Waals surface area contributed by atoms with Crippen LogP contribution in [0.2, 0.25) is 0 Å². The lowest BCUT2D eigenvalue weighted by Gasteiger charge is -2.36. The van der Waals surface area contributed by atoms with Gasteiger partial charge in [-0.15, -0.1) is 0 Å². The fraction of sp³-hybridized carbons (Fsp3) is 0.483. The van der Waals surface area contributed by atoms with Gasteiger partial charge in [0.1, 0.15) is 46.5 Å². The van der Waals surface area contributed by atoms with Gasteiger partial charge in [0, 0.05) is 64.2 Å². The lowest BCUT2D eigenvalue weighted by atomic mass is 10.2. The Bertz CT molecular complexity index is 2860. The van der Waals surface area contributed by atoms with E-state index in [2.05, 4.69) is 31.5 Å². The highest BCUT2D eigenvalue weighted by Crippen LogP contribution is 2.31. The molecule has 0 unspecified atom stereocenters. The summed E-state index contributed by atoms with van der Waals surface area (Å²) in [5.74, 6) is 0.0760. The van der Waals surface area contributed by atoms with E-state index in [1.54, 1.807) is 75.6 Å². The minimum absolute atomic E-state index is 0.0586. The van der Waals surface area contributed by atoms with Gasteiger partial charge in [-0.25, -0.2) is 28.0 Å². The van der Waals surface area contributed by atoms with Crippen LogP contribution in [0.5, 0.6) is 11.5 Å². The molecule has 4 aromatic carbocycles. The number of cyclic esters (lactones) is 2. The Kier molecular flexibility index (Phi) is 21.1. The second kappa shape index (κ2) is 27.9. The quantitative estimate of drug-likeness (QED) is 0.0766. The SMILES string of the molecule is CC(C)(C)OC(=O)NC[C@H]1CN(c2ccc(N3CCN(C(=O)COc4ccc(CBr)cc4)CC3)c(F)c2)C(=O)O1.CN(C)Cc1ccc(OCC(=O)N2CCN(c3ccc(N4C[C@H](CNC(=O)OC(C)(C)C)OC4=O)cc3F)CC2)cc1. The average molecular weight is 1210 g/mol. The third kappa shape index (κ3) is 18.2. The summed E-state index contributed by atoms with van der Waals surface area (Å²) in [6.07, 6.45) is -3.62. The van der Waals surface area contributed by atoms with Crippen LogP contribution in [0.1, 0.15) is 52.7 Å². The van der Waals surface area contributed by atoms with E-state index in [-0.39, 0.29) is 51.2 Å². The molecule has 2 N–H and O–H groups in total. The number of rotatable bonds is 17. The summed E-state index contributed by atoms with van der Waals surface area (Å²) < 4.78 is 62.7. The summed E-state index contributed by atoms with van der Waals surface area (Å²) in [6, 6.07) is 24.4. The molecule has 6 amide bonds. The summed E-state index contributed by atoms with van der Waals surface area (Å²) in [7, 11) is 4.01. The van der Waals surface area contributed by atoms with Gasteiger partial charge in [-0.3, -0.25) is 19.4 Å². The van der Waals surface area contributed by atoms with E-state index in [1.165, 1.54) is 21.9 Å². The van der Waals surface area contributed by atoms with Gasteiger partial charge in [-0.05, 0) is 127 Å². The highest BCUT2D eigenvalue weighted by Gasteiger charge is 2.36. The lowest BCUT2D eigenvalue weighted by molar-refractivity contribution is -0.134. The van der Waals surface area contributed by atoms with Crippen LogP contribution in [0.25, 0.3) is 0 Å². The van der Waals surface area contributed by atoms with Gasteiger partial charge >= 0.3 is 24.4 Å². The van der Waals surface area contributed by atoms with E-state index in [0.717, 1.165) is 23.0 Å². The molecule has 8 rings (SSSR count). The number of anilines is 4. The molecule has 4 aliphatic rings. The number of alkyl carbamates (subject to hydrolysis) is 2. The first-order chi connectivity index (χ1) is 38.9. The number of carbonyl (C=O) groups is 6. The molecule has 4 heterocycles. The predicted molar refractivity (Wildman–Crippen MR) is 308 cm³/mol. The Morgan fingerprint density at radius 3 is 1.30 bits per heavy atom. The number of ether oxygens (including phenoxy) is 6. The maximum Gasteiger partial charge on any atom is 0.414 e. The van der Waals surface area contributed by atoms with Crippen LogP contribution in [-0.2, 0) is 40.4 Å². The molecule has 4 saturated heterocycles. The molecule has 0 aromatic heterocycles. The fourth-order valence-corrected chi connectivity index (χ4v) is 9.51. The number of alkyl halides is 1. The Morgan fingerprint density at radius 1 is 0.585 bits per heavy atom. The van der Waals surface area contributed by atoms with Crippen LogP contribution >= 0.6 is 15.9 Å². The van der Waals surface area contributed by atoms with E-state index < -0.39 is 59.4 Å². The number of hydrogen-bond acceptors (Lipinski definition) is 15. The zero-order valence-corrected chi connectivity index (χ0v) is 49.3. The van der Waals surface area contributed by atoms with Crippen molar-refractivity contribution in [2.75, 3.05) is 125 Å². The van der Waals surface area contributed by atoms with Gasteiger partial charge in [-0.2, -0.15) is 0 Å². The van der Waals surface area contributed by atoms with Gasteiger partial charge in [-0.1, -0.05) is 40.2 Å². The van der Waals surface area contributed by atoms with Crippen molar-refractivity contribution < 1.29 is 66.0 Å². The number of carbonyl (C=O) groups excluding carboxylic acids is 6. The molecule has 0 saturated carbocycles. The molecule has 4 fully saturated rings. The first-order valence-electron chi connectivity index (χ1n) is 27.1. The molecular weight excluding hydrogens is 1130 g/mol. The second-order valence-electron chi connectivity index (χ2n) is 22.2. The third-order valence-electron chi connectivity index (χ3n) is 13.2. The van der Waals surface area contributed by atoms with E-state index in [0.29, 0.717) is 86.6 Å². The van der Waals surface area contributed by atoms with Crippen molar-refractivity contribution in [1.29, 1.82) is 0 Å². The van der Waals surface area contributed by atoms with E-state index in [9.17, 15) is 28.8 Å². The monoisotopic (exact) mass is 1210 g/mol. The van der Waals surface area contributed by atoms with Gasteiger partial charge in [0.2, 0.25) is 0 Å². The number of nitrogens with one attached hydrogen (secondary N) is 2. The first-order valence-corrected chi connectivity index (χ1v) is 28.2. The topological polar surface area (TPSA) is 205 Å². The van der Waals surface area contributed by atoms with Crippen LogP contribution in [0, 0.1) is 11.6 Å². The minimum Gasteiger partial charge on any atom is -0.484 e. The van der Waals surface area contributed by atoms with Crippen LogP contribution in [0.15, 0.2) is 84.9 Å². The van der Waals surface area contributed by atoms with Crippen molar-refractivity contribution in [3.63, 3.8) is 0 Å².